The molecule has 0 N–H and O–H groups in total. The van der Waals surface area contributed by atoms with Crippen LogP contribution in [0.5, 0.6) is 0 Å². The van der Waals surface area contributed by atoms with Crippen molar-refractivity contribution in [3.8, 4) is 11.1 Å². The van der Waals surface area contributed by atoms with Crippen molar-refractivity contribution in [2.24, 2.45) is 0 Å². The maximum atomic E-state index is 13.6. The van der Waals surface area contributed by atoms with Gasteiger partial charge in [0.15, 0.2) is 0 Å². The predicted octanol–water partition coefficient (Wildman–Crippen LogP) is 6.12. The molecule has 1 aromatic heterocycles. The van der Waals surface area contributed by atoms with E-state index in [0.717, 1.165) is 72.7 Å². The lowest BCUT2D eigenvalue weighted by Gasteiger charge is -2.34. The fourth-order valence-corrected chi connectivity index (χ4v) is 4.24. The number of benzene rings is 3. The van der Waals surface area contributed by atoms with Crippen LogP contribution in [0.1, 0.15) is 11.3 Å². The van der Waals surface area contributed by atoms with Crippen LogP contribution in [0.3, 0.4) is 0 Å². The Morgan fingerprint density at radius 2 is 1.34 bits per heavy atom. The Morgan fingerprint density at radius 3 is 2.06 bits per heavy atom. The summed E-state index contributed by atoms with van der Waals surface area (Å²) in [5.41, 5.74) is 3.70. The number of furan rings is 1. The highest BCUT2D eigenvalue weighted by molar-refractivity contribution is 5.85. The second-order valence-electron chi connectivity index (χ2n) is 8.16. The first-order valence-electron chi connectivity index (χ1n) is 10.6. The minimum absolute atomic E-state index is 0. The predicted molar refractivity (Wildman–Crippen MR) is 126 cm³/mol. The maximum Gasteiger partial charge on any atom is 0.134 e. The number of hydrogen-bond acceptors (Lipinski definition) is 3. The van der Waals surface area contributed by atoms with Gasteiger partial charge in [-0.15, -0.1) is 12.4 Å². The normalized spacial score (nSPS) is 15.1. The van der Waals surface area contributed by atoms with Gasteiger partial charge < -0.3 is 4.42 Å². The third-order valence-corrected chi connectivity index (χ3v) is 5.86. The number of halogens is 3. The maximum absolute atomic E-state index is 13.6. The van der Waals surface area contributed by atoms with E-state index in [1.165, 1.54) is 12.1 Å². The lowest BCUT2D eigenvalue weighted by Crippen LogP contribution is -2.45. The molecule has 0 unspecified atom stereocenters. The average molecular weight is 455 g/mol. The van der Waals surface area contributed by atoms with Crippen molar-refractivity contribution in [2.45, 2.75) is 13.1 Å². The third-order valence-electron chi connectivity index (χ3n) is 5.86. The van der Waals surface area contributed by atoms with Gasteiger partial charge >= 0.3 is 0 Å². The van der Waals surface area contributed by atoms with E-state index in [0.29, 0.717) is 0 Å². The molecular weight excluding hydrogens is 430 g/mol. The molecule has 5 rings (SSSR count). The number of rotatable bonds is 5. The smallest absolute Gasteiger partial charge is 0.134 e. The fraction of sp³-hybridized carbons (Fsp3) is 0.231. The molecule has 2 heterocycles. The van der Waals surface area contributed by atoms with E-state index in [4.69, 9.17) is 4.42 Å². The van der Waals surface area contributed by atoms with E-state index >= 15 is 0 Å². The van der Waals surface area contributed by atoms with Crippen LogP contribution in [0.2, 0.25) is 0 Å². The van der Waals surface area contributed by atoms with Crippen LogP contribution in [0.25, 0.3) is 22.1 Å². The van der Waals surface area contributed by atoms with Crippen molar-refractivity contribution in [1.82, 2.24) is 9.80 Å². The molecule has 0 amide bonds. The Labute approximate surface area is 192 Å². The van der Waals surface area contributed by atoms with E-state index in [1.54, 1.807) is 24.3 Å². The number of piperazine rings is 1. The molecule has 4 aromatic rings. The van der Waals surface area contributed by atoms with Gasteiger partial charge in [-0.1, -0.05) is 30.3 Å². The Morgan fingerprint density at radius 1 is 0.688 bits per heavy atom. The van der Waals surface area contributed by atoms with Crippen LogP contribution in [-0.4, -0.2) is 36.0 Å². The van der Waals surface area contributed by atoms with Crippen molar-refractivity contribution in [3.05, 3.63) is 95.8 Å². The molecule has 0 bridgehead atoms. The van der Waals surface area contributed by atoms with Crippen molar-refractivity contribution >= 4 is 23.4 Å². The van der Waals surface area contributed by atoms with Crippen LogP contribution in [0.4, 0.5) is 8.78 Å². The van der Waals surface area contributed by atoms with Gasteiger partial charge in [0.2, 0.25) is 0 Å². The molecule has 0 atom stereocenters. The second-order valence-corrected chi connectivity index (χ2v) is 8.16. The zero-order chi connectivity index (χ0) is 21.2. The summed E-state index contributed by atoms with van der Waals surface area (Å²) in [6.45, 7) is 5.32. The molecule has 1 saturated heterocycles. The van der Waals surface area contributed by atoms with E-state index < -0.39 is 0 Å². The van der Waals surface area contributed by atoms with E-state index in [2.05, 4.69) is 15.9 Å². The second kappa shape index (κ2) is 9.82. The first-order chi connectivity index (χ1) is 15.1. The molecule has 1 aliphatic rings. The van der Waals surface area contributed by atoms with Crippen molar-refractivity contribution in [2.75, 3.05) is 26.2 Å². The van der Waals surface area contributed by atoms with Gasteiger partial charge in [0.05, 0.1) is 6.54 Å². The van der Waals surface area contributed by atoms with Gasteiger partial charge in [-0.05, 0) is 59.2 Å². The average Bonchev–Trinajstić information content (AvgIpc) is 3.17. The summed E-state index contributed by atoms with van der Waals surface area (Å²) in [5, 5.41) is 1.03. The van der Waals surface area contributed by atoms with Crippen LogP contribution in [0.15, 0.2) is 77.2 Å². The third kappa shape index (κ3) is 5.18. The van der Waals surface area contributed by atoms with Gasteiger partial charge in [0.25, 0.3) is 0 Å². The summed E-state index contributed by atoms with van der Waals surface area (Å²) >= 11 is 0. The molecule has 0 spiro atoms. The topological polar surface area (TPSA) is 19.6 Å². The molecule has 0 radical (unpaired) electrons. The number of nitrogens with zero attached hydrogens (tertiary/aromatic N) is 2. The molecule has 3 aromatic carbocycles. The first-order valence-corrected chi connectivity index (χ1v) is 10.6. The molecule has 32 heavy (non-hydrogen) atoms. The summed E-state index contributed by atoms with van der Waals surface area (Å²) in [6, 6.07) is 21.5. The lowest BCUT2D eigenvalue weighted by molar-refractivity contribution is 0.116. The summed E-state index contributed by atoms with van der Waals surface area (Å²) in [5.74, 6) is 0.522. The number of hydrogen-bond donors (Lipinski definition) is 0. The highest BCUT2D eigenvalue weighted by Crippen LogP contribution is 2.28. The zero-order valence-corrected chi connectivity index (χ0v) is 18.5. The molecular formula is C26H25ClF2N2O. The SMILES string of the molecule is Cl.Fc1cccc(CN2CCN(Cc3cc4cc(-c5cccc(F)c5)ccc4o3)CC2)c1. The minimum atomic E-state index is -0.234. The van der Waals surface area contributed by atoms with E-state index in [1.807, 2.05) is 30.3 Å². The number of fused-ring (bicyclic) bond motifs is 1. The van der Waals surface area contributed by atoms with Gasteiger partial charge in [0.1, 0.15) is 23.0 Å². The molecule has 0 aliphatic carbocycles. The Kier molecular flexibility index (Phi) is 6.89. The summed E-state index contributed by atoms with van der Waals surface area (Å²) < 4.78 is 33.0. The monoisotopic (exact) mass is 454 g/mol. The standard InChI is InChI=1S/C26H24F2N2O.ClH/c27-23-5-1-3-19(13-23)17-29-9-11-30(12-10-29)18-25-16-22-14-21(7-8-26(22)31-25)20-4-2-6-24(28)15-20;/h1-8,13-16H,9-12,17-18H2;1H. The molecule has 3 nitrogen and oxygen atoms in total. The van der Waals surface area contributed by atoms with Gasteiger partial charge in [-0.3, -0.25) is 9.80 Å². The minimum Gasteiger partial charge on any atom is -0.460 e. The fourth-order valence-electron chi connectivity index (χ4n) is 4.24. The first kappa shape index (κ1) is 22.5. The van der Waals surface area contributed by atoms with E-state index in [-0.39, 0.29) is 24.0 Å². The summed E-state index contributed by atoms with van der Waals surface area (Å²) in [6.07, 6.45) is 0. The Bertz CT molecular complexity index is 1200. The Balaban J connectivity index is 0.00000245. The van der Waals surface area contributed by atoms with Crippen LogP contribution >= 0.6 is 12.4 Å². The largest absolute Gasteiger partial charge is 0.460 e. The zero-order valence-electron chi connectivity index (χ0n) is 17.6. The summed E-state index contributed by atoms with van der Waals surface area (Å²) in [7, 11) is 0. The molecule has 1 fully saturated rings. The van der Waals surface area contributed by atoms with Crippen LogP contribution in [-0.2, 0) is 13.1 Å². The van der Waals surface area contributed by atoms with Crippen LogP contribution in [0, 0.1) is 11.6 Å². The van der Waals surface area contributed by atoms with Gasteiger partial charge in [-0.25, -0.2) is 8.78 Å². The molecule has 166 valence electrons. The molecule has 1 aliphatic heterocycles. The molecule has 6 heteroatoms. The quantitative estimate of drug-likeness (QED) is 0.362. The van der Waals surface area contributed by atoms with Crippen LogP contribution < -0.4 is 0 Å². The summed E-state index contributed by atoms with van der Waals surface area (Å²) in [4.78, 5) is 4.74. The van der Waals surface area contributed by atoms with Gasteiger partial charge in [0, 0.05) is 38.1 Å². The van der Waals surface area contributed by atoms with E-state index in [9.17, 15) is 8.78 Å². The Hall–Kier alpha value is -2.73. The molecule has 0 saturated carbocycles. The van der Waals surface area contributed by atoms with Crippen molar-refractivity contribution < 1.29 is 13.2 Å². The van der Waals surface area contributed by atoms with Crippen molar-refractivity contribution in [3.63, 3.8) is 0 Å². The lowest BCUT2D eigenvalue weighted by atomic mass is 10.0. The van der Waals surface area contributed by atoms with Gasteiger partial charge in [-0.2, -0.15) is 0 Å². The highest BCUT2D eigenvalue weighted by Gasteiger charge is 2.18. The highest BCUT2D eigenvalue weighted by atomic mass is 35.5. The van der Waals surface area contributed by atoms with Crippen molar-refractivity contribution in [1.29, 1.82) is 0 Å².